The first-order valence-electron chi connectivity index (χ1n) is 10.5. The molecular weight excluding hydrogens is 490 g/mol. The number of benzene rings is 3. The lowest BCUT2D eigenvalue weighted by atomic mass is 10.2. The highest BCUT2D eigenvalue weighted by Crippen LogP contribution is 2.25. The summed E-state index contributed by atoms with van der Waals surface area (Å²) >= 11 is 0. The van der Waals surface area contributed by atoms with Gasteiger partial charge in [0.05, 0.1) is 23.9 Å². The molecule has 0 heterocycles. The third-order valence-corrected chi connectivity index (χ3v) is 7.76. The number of aryl methyl sites for hydroxylation is 1. The predicted molar refractivity (Wildman–Crippen MR) is 137 cm³/mol. The molecule has 11 heteroatoms. The van der Waals surface area contributed by atoms with Gasteiger partial charge in [-0.05, 0) is 80.1 Å². The number of ether oxygens (including phenoxy) is 1. The molecule has 1 amide bonds. The maximum Gasteiger partial charge on any atom is 0.261 e. The van der Waals surface area contributed by atoms with Gasteiger partial charge in [-0.1, -0.05) is 12.1 Å². The van der Waals surface area contributed by atoms with Crippen molar-refractivity contribution in [3.63, 3.8) is 0 Å². The molecule has 0 fully saturated rings. The Morgan fingerprint density at radius 2 is 1.54 bits per heavy atom. The minimum atomic E-state index is -3.83. The van der Waals surface area contributed by atoms with Crippen LogP contribution in [-0.4, -0.2) is 42.2 Å². The van der Waals surface area contributed by atoms with Gasteiger partial charge < -0.3 is 10.1 Å². The first-order chi connectivity index (χ1) is 16.4. The summed E-state index contributed by atoms with van der Waals surface area (Å²) in [4.78, 5) is 12.9. The number of hydrogen-bond donors (Lipinski definition) is 2. The van der Waals surface area contributed by atoms with E-state index in [1.165, 1.54) is 38.3 Å². The molecule has 0 saturated carbocycles. The first kappa shape index (κ1) is 26.0. The van der Waals surface area contributed by atoms with Crippen LogP contribution in [0.1, 0.15) is 12.5 Å². The number of sulfonamides is 2. The number of rotatable bonds is 9. The van der Waals surface area contributed by atoms with E-state index in [4.69, 9.17) is 4.74 Å². The SMILES string of the molecule is COc1ccc(N([C@@H](C)C(=O)Nc2ccc(S(=O)(=O)Nc3cccc(C)c3)cc2)S(C)(=O)=O)cc1. The molecular formula is C24H27N3O6S2. The van der Waals surface area contributed by atoms with Gasteiger partial charge >= 0.3 is 0 Å². The van der Waals surface area contributed by atoms with Crippen LogP contribution >= 0.6 is 0 Å². The summed E-state index contributed by atoms with van der Waals surface area (Å²) in [5, 5.41) is 2.64. The van der Waals surface area contributed by atoms with Gasteiger partial charge in [-0.15, -0.1) is 0 Å². The number of carbonyl (C=O) groups excluding carboxylic acids is 1. The molecule has 0 bridgehead atoms. The van der Waals surface area contributed by atoms with Crippen LogP contribution in [0.15, 0.2) is 77.7 Å². The number of hydrogen-bond acceptors (Lipinski definition) is 6. The molecule has 0 spiro atoms. The highest BCUT2D eigenvalue weighted by atomic mass is 32.2. The van der Waals surface area contributed by atoms with Crippen molar-refractivity contribution in [3.8, 4) is 5.75 Å². The maximum atomic E-state index is 12.9. The van der Waals surface area contributed by atoms with Gasteiger partial charge in [0.15, 0.2) is 0 Å². The van der Waals surface area contributed by atoms with E-state index >= 15 is 0 Å². The number of nitrogens with one attached hydrogen (secondary N) is 2. The molecule has 186 valence electrons. The Labute approximate surface area is 205 Å². The van der Waals surface area contributed by atoms with E-state index in [2.05, 4.69) is 10.0 Å². The van der Waals surface area contributed by atoms with Crippen molar-refractivity contribution in [3.05, 3.63) is 78.4 Å². The molecule has 9 nitrogen and oxygen atoms in total. The molecule has 3 rings (SSSR count). The minimum absolute atomic E-state index is 0.0149. The van der Waals surface area contributed by atoms with Gasteiger partial charge in [-0.2, -0.15) is 0 Å². The highest BCUT2D eigenvalue weighted by molar-refractivity contribution is 7.92. The second-order valence-electron chi connectivity index (χ2n) is 7.92. The predicted octanol–water partition coefficient (Wildman–Crippen LogP) is 3.60. The molecule has 0 aliphatic heterocycles. The van der Waals surface area contributed by atoms with E-state index in [-0.39, 0.29) is 4.90 Å². The van der Waals surface area contributed by atoms with Crippen molar-refractivity contribution in [1.29, 1.82) is 0 Å². The van der Waals surface area contributed by atoms with Crippen molar-refractivity contribution in [1.82, 2.24) is 0 Å². The van der Waals surface area contributed by atoms with E-state index < -0.39 is 32.0 Å². The molecule has 3 aromatic rings. The van der Waals surface area contributed by atoms with Crippen molar-refractivity contribution in [2.45, 2.75) is 24.8 Å². The fourth-order valence-corrected chi connectivity index (χ4v) is 5.65. The Hall–Kier alpha value is -3.57. The number of methoxy groups -OCH3 is 1. The monoisotopic (exact) mass is 517 g/mol. The molecule has 0 saturated heterocycles. The van der Waals surface area contributed by atoms with Crippen LogP contribution in [0.3, 0.4) is 0 Å². The molecule has 2 N–H and O–H groups in total. The first-order valence-corrected chi connectivity index (χ1v) is 13.9. The van der Waals surface area contributed by atoms with Crippen LogP contribution in [-0.2, 0) is 24.8 Å². The summed E-state index contributed by atoms with van der Waals surface area (Å²) < 4.78 is 58.9. The smallest absolute Gasteiger partial charge is 0.261 e. The standard InChI is InChI=1S/C24H27N3O6S2/c1-17-6-5-7-20(16-17)26-35(31,32)23-14-8-19(9-15-23)25-24(28)18(2)27(34(4,29)30)21-10-12-22(33-3)13-11-21/h5-16,18,26H,1-4H3,(H,25,28)/t18-/m0/s1. The van der Waals surface area contributed by atoms with Gasteiger partial charge in [0.2, 0.25) is 15.9 Å². The van der Waals surface area contributed by atoms with Crippen LogP contribution in [0.4, 0.5) is 17.1 Å². The van der Waals surface area contributed by atoms with E-state index in [1.54, 1.807) is 42.5 Å². The Morgan fingerprint density at radius 1 is 0.914 bits per heavy atom. The molecule has 0 aliphatic rings. The Bertz CT molecular complexity index is 1400. The third-order valence-electron chi connectivity index (χ3n) is 5.12. The van der Waals surface area contributed by atoms with E-state index in [0.717, 1.165) is 16.1 Å². The molecule has 35 heavy (non-hydrogen) atoms. The number of anilines is 3. The fraction of sp³-hybridized carbons (Fsp3) is 0.208. The topological polar surface area (TPSA) is 122 Å². The van der Waals surface area contributed by atoms with Crippen LogP contribution in [0.25, 0.3) is 0 Å². The molecule has 3 aromatic carbocycles. The highest BCUT2D eigenvalue weighted by Gasteiger charge is 2.29. The molecule has 0 aliphatic carbocycles. The van der Waals surface area contributed by atoms with Crippen molar-refractivity contribution >= 4 is 43.0 Å². The lowest BCUT2D eigenvalue weighted by Crippen LogP contribution is -2.45. The molecule has 0 unspecified atom stereocenters. The van der Waals surface area contributed by atoms with Crippen LogP contribution in [0.5, 0.6) is 5.75 Å². The average Bonchev–Trinajstić information content (AvgIpc) is 2.79. The second kappa shape index (κ2) is 10.4. The van der Waals surface area contributed by atoms with Crippen LogP contribution < -0.4 is 19.1 Å². The minimum Gasteiger partial charge on any atom is -0.497 e. The number of amides is 1. The summed E-state index contributed by atoms with van der Waals surface area (Å²) in [5.74, 6) is -0.0361. The van der Waals surface area contributed by atoms with E-state index in [0.29, 0.717) is 22.8 Å². The Kier molecular flexibility index (Phi) is 7.71. The zero-order chi connectivity index (χ0) is 25.8. The van der Waals surface area contributed by atoms with Crippen LogP contribution in [0, 0.1) is 6.92 Å². The normalized spacial score (nSPS) is 12.5. The average molecular weight is 518 g/mol. The summed E-state index contributed by atoms with van der Waals surface area (Å²) in [7, 11) is -6.12. The van der Waals surface area contributed by atoms with E-state index in [9.17, 15) is 21.6 Å². The van der Waals surface area contributed by atoms with Gasteiger partial charge in [-0.25, -0.2) is 16.8 Å². The van der Waals surface area contributed by atoms with Gasteiger partial charge in [-0.3, -0.25) is 13.8 Å². The summed E-state index contributed by atoms with van der Waals surface area (Å²) in [6.45, 7) is 3.32. The van der Waals surface area contributed by atoms with Gasteiger partial charge in [0.1, 0.15) is 11.8 Å². The summed E-state index contributed by atoms with van der Waals surface area (Å²) in [5.41, 5.74) is 1.98. The molecule has 0 aromatic heterocycles. The van der Waals surface area contributed by atoms with Crippen molar-refractivity contribution in [2.75, 3.05) is 27.7 Å². The lowest BCUT2D eigenvalue weighted by Gasteiger charge is -2.28. The van der Waals surface area contributed by atoms with E-state index in [1.807, 2.05) is 13.0 Å². The zero-order valence-corrected chi connectivity index (χ0v) is 21.4. The fourth-order valence-electron chi connectivity index (χ4n) is 3.42. The third kappa shape index (κ3) is 6.52. The van der Waals surface area contributed by atoms with Crippen molar-refractivity contribution < 1.29 is 26.4 Å². The number of carbonyl (C=O) groups is 1. The maximum absolute atomic E-state index is 12.9. The Balaban J connectivity index is 1.76. The summed E-state index contributed by atoms with van der Waals surface area (Å²) in [6.07, 6.45) is 1.02. The Morgan fingerprint density at radius 3 is 2.09 bits per heavy atom. The summed E-state index contributed by atoms with van der Waals surface area (Å²) in [6, 6.07) is 17.8. The lowest BCUT2D eigenvalue weighted by molar-refractivity contribution is -0.116. The van der Waals surface area contributed by atoms with Gasteiger partial charge in [0.25, 0.3) is 10.0 Å². The second-order valence-corrected chi connectivity index (χ2v) is 11.5. The molecule has 0 radical (unpaired) electrons. The largest absolute Gasteiger partial charge is 0.497 e. The quantitative estimate of drug-likeness (QED) is 0.447. The molecule has 1 atom stereocenters. The number of nitrogens with zero attached hydrogens (tertiary/aromatic N) is 1. The van der Waals surface area contributed by atoms with Gasteiger partial charge in [0, 0.05) is 11.4 Å². The van der Waals surface area contributed by atoms with Crippen molar-refractivity contribution in [2.24, 2.45) is 0 Å². The van der Waals surface area contributed by atoms with Crippen LogP contribution in [0.2, 0.25) is 0 Å². The zero-order valence-electron chi connectivity index (χ0n) is 19.7.